The standard InChI is InChI=1S/C17H19ClN4O2/c1-19-17(24)13-5-3-4-12(8-13)9-21-16(23)11-22(2)15-7-6-14(18)10-20-15/h3-8,10H,9,11H2,1-2H3,(H,19,24)(H,21,23). The second-order valence-electron chi connectivity index (χ2n) is 5.25. The second-order valence-corrected chi connectivity index (χ2v) is 5.68. The van der Waals surface area contributed by atoms with Crippen LogP contribution >= 0.6 is 11.6 Å². The largest absolute Gasteiger partial charge is 0.355 e. The second kappa shape index (κ2) is 8.31. The highest BCUT2D eigenvalue weighted by molar-refractivity contribution is 6.30. The molecular formula is C17H19ClN4O2. The molecule has 0 fully saturated rings. The molecule has 6 nitrogen and oxygen atoms in total. The third-order valence-corrected chi connectivity index (χ3v) is 3.61. The van der Waals surface area contributed by atoms with Crippen molar-refractivity contribution in [3.8, 4) is 0 Å². The first-order chi connectivity index (χ1) is 11.5. The zero-order valence-electron chi connectivity index (χ0n) is 13.5. The zero-order chi connectivity index (χ0) is 17.5. The van der Waals surface area contributed by atoms with Crippen LogP contribution in [-0.4, -0.2) is 37.4 Å². The van der Waals surface area contributed by atoms with Gasteiger partial charge in [0.1, 0.15) is 5.82 Å². The highest BCUT2D eigenvalue weighted by atomic mass is 35.5. The molecule has 0 aliphatic heterocycles. The summed E-state index contributed by atoms with van der Waals surface area (Å²) in [5, 5.41) is 5.95. The van der Waals surface area contributed by atoms with Gasteiger partial charge in [0.15, 0.2) is 0 Å². The summed E-state index contributed by atoms with van der Waals surface area (Å²) in [6, 6.07) is 10.6. The van der Waals surface area contributed by atoms with Gasteiger partial charge in [-0.05, 0) is 29.8 Å². The minimum atomic E-state index is -0.156. The van der Waals surface area contributed by atoms with E-state index in [2.05, 4.69) is 15.6 Å². The Morgan fingerprint density at radius 1 is 1.25 bits per heavy atom. The maximum absolute atomic E-state index is 12.1. The Hall–Kier alpha value is -2.60. The number of halogens is 1. The van der Waals surface area contributed by atoms with Gasteiger partial charge in [-0.2, -0.15) is 0 Å². The number of hydrogen-bond donors (Lipinski definition) is 2. The van der Waals surface area contributed by atoms with E-state index < -0.39 is 0 Å². The summed E-state index contributed by atoms with van der Waals surface area (Å²) in [7, 11) is 3.36. The lowest BCUT2D eigenvalue weighted by molar-refractivity contribution is -0.119. The molecule has 126 valence electrons. The van der Waals surface area contributed by atoms with E-state index in [1.165, 1.54) is 6.20 Å². The Morgan fingerprint density at radius 3 is 2.71 bits per heavy atom. The van der Waals surface area contributed by atoms with Gasteiger partial charge in [0.25, 0.3) is 5.91 Å². The number of likely N-dealkylation sites (N-methyl/N-ethyl adjacent to an activating group) is 1. The summed E-state index contributed by atoms with van der Waals surface area (Å²) in [5.74, 6) is 0.368. The van der Waals surface area contributed by atoms with Gasteiger partial charge in [0.05, 0.1) is 11.6 Å². The number of amides is 2. The van der Waals surface area contributed by atoms with Crippen LogP contribution in [0, 0.1) is 0 Å². The molecule has 0 bridgehead atoms. The van der Waals surface area contributed by atoms with Crippen LogP contribution in [0.4, 0.5) is 5.82 Å². The lowest BCUT2D eigenvalue weighted by Gasteiger charge is -2.17. The molecule has 1 aromatic heterocycles. The van der Waals surface area contributed by atoms with Crippen LogP contribution in [0.5, 0.6) is 0 Å². The fourth-order valence-corrected chi connectivity index (χ4v) is 2.23. The van der Waals surface area contributed by atoms with E-state index in [1.807, 2.05) is 6.07 Å². The predicted octanol–water partition coefficient (Wildman–Crippen LogP) is 1.85. The minimum absolute atomic E-state index is 0.139. The lowest BCUT2D eigenvalue weighted by atomic mass is 10.1. The number of aromatic nitrogens is 1. The number of nitrogens with one attached hydrogen (secondary N) is 2. The lowest BCUT2D eigenvalue weighted by Crippen LogP contribution is -2.35. The van der Waals surface area contributed by atoms with Crippen LogP contribution in [0.1, 0.15) is 15.9 Å². The summed E-state index contributed by atoms with van der Waals surface area (Å²) in [4.78, 5) is 29.6. The van der Waals surface area contributed by atoms with Gasteiger partial charge in [-0.25, -0.2) is 4.98 Å². The number of hydrogen-bond acceptors (Lipinski definition) is 4. The fourth-order valence-electron chi connectivity index (χ4n) is 2.11. The van der Waals surface area contributed by atoms with Gasteiger partial charge >= 0.3 is 0 Å². The normalized spacial score (nSPS) is 10.1. The topological polar surface area (TPSA) is 74.3 Å². The molecule has 7 heteroatoms. The molecule has 0 unspecified atom stereocenters. The van der Waals surface area contributed by atoms with Crippen molar-refractivity contribution >= 4 is 29.2 Å². The van der Waals surface area contributed by atoms with E-state index in [4.69, 9.17) is 11.6 Å². The number of rotatable bonds is 6. The molecule has 0 radical (unpaired) electrons. The van der Waals surface area contributed by atoms with Crippen molar-refractivity contribution in [1.29, 1.82) is 0 Å². The summed E-state index contributed by atoms with van der Waals surface area (Å²) in [6.07, 6.45) is 1.54. The Bertz CT molecular complexity index is 719. The van der Waals surface area contributed by atoms with Gasteiger partial charge in [-0.1, -0.05) is 23.7 Å². The van der Waals surface area contributed by atoms with Gasteiger partial charge in [0, 0.05) is 32.4 Å². The van der Waals surface area contributed by atoms with Gasteiger partial charge in [-0.3, -0.25) is 9.59 Å². The molecule has 0 spiro atoms. The molecule has 0 aliphatic carbocycles. The van der Waals surface area contributed by atoms with Crippen molar-refractivity contribution in [1.82, 2.24) is 15.6 Å². The molecule has 2 amide bonds. The van der Waals surface area contributed by atoms with Crippen molar-refractivity contribution in [3.63, 3.8) is 0 Å². The zero-order valence-corrected chi connectivity index (χ0v) is 14.3. The Labute approximate surface area is 145 Å². The highest BCUT2D eigenvalue weighted by Crippen LogP contribution is 2.12. The minimum Gasteiger partial charge on any atom is -0.355 e. The molecule has 0 atom stereocenters. The van der Waals surface area contributed by atoms with Gasteiger partial charge < -0.3 is 15.5 Å². The Kier molecular flexibility index (Phi) is 6.14. The van der Waals surface area contributed by atoms with Crippen LogP contribution in [-0.2, 0) is 11.3 Å². The van der Waals surface area contributed by atoms with E-state index in [0.29, 0.717) is 22.9 Å². The predicted molar refractivity (Wildman–Crippen MR) is 94.2 cm³/mol. The van der Waals surface area contributed by atoms with Crippen LogP contribution in [0.2, 0.25) is 5.02 Å². The van der Waals surface area contributed by atoms with Crippen molar-refractivity contribution in [2.75, 3.05) is 25.5 Å². The summed E-state index contributed by atoms with van der Waals surface area (Å²) < 4.78 is 0. The van der Waals surface area contributed by atoms with Crippen molar-refractivity contribution < 1.29 is 9.59 Å². The maximum Gasteiger partial charge on any atom is 0.251 e. The Balaban J connectivity index is 1.89. The van der Waals surface area contributed by atoms with E-state index in [1.54, 1.807) is 49.3 Å². The van der Waals surface area contributed by atoms with Gasteiger partial charge in [0.2, 0.25) is 5.91 Å². The van der Waals surface area contributed by atoms with Crippen molar-refractivity contribution in [2.45, 2.75) is 6.54 Å². The molecule has 0 saturated carbocycles. The first kappa shape index (κ1) is 17.7. The highest BCUT2D eigenvalue weighted by Gasteiger charge is 2.09. The SMILES string of the molecule is CNC(=O)c1cccc(CNC(=O)CN(C)c2ccc(Cl)cn2)c1. The maximum atomic E-state index is 12.1. The molecule has 2 rings (SSSR count). The molecule has 0 aliphatic rings. The van der Waals surface area contributed by atoms with Crippen LogP contribution < -0.4 is 15.5 Å². The van der Waals surface area contributed by atoms with Crippen molar-refractivity contribution in [2.24, 2.45) is 0 Å². The fraction of sp³-hybridized carbons (Fsp3) is 0.235. The smallest absolute Gasteiger partial charge is 0.251 e. The molecule has 2 aromatic rings. The summed E-state index contributed by atoms with van der Waals surface area (Å²) in [5.41, 5.74) is 1.42. The quantitative estimate of drug-likeness (QED) is 0.837. The third kappa shape index (κ3) is 4.96. The third-order valence-electron chi connectivity index (χ3n) is 3.39. The average molecular weight is 347 g/mol. The molecule has 2 N–H and O–H groups in total. The molecule has 1 heterocycles. The molecule has 0 saturated heterocycles. The Morgan fingerprint density at radius 2 is 2.04 bits per heavy atom. The first-order valence-electron chi connectivity index (χ1n) is 7.40. The summed E-state index contributed by atoms with van der Waals surface area (Å²) in [6.45, 7) is 0.523. The number of benzene rings is 1. The number of pyridine rings is 1. The molecule has 24 heavy (non-hydrogen) atoms. The number of anilines is 1. The van der Waals surface area contributed by atoms with E-state index in [-0.39, 0.29) is 18.4 Å². The molecular weight excluding hydrogens is 328 g/mol. The average Bonchev–Trinajstić information content (AvgIpc) is 2.60. The molecule has 1 aromatic carbocycles. The van der Waals surface area contributed by atoms with E-state index in [0.717, 1.165) is 5.56 Å². The van der Waals surface area contributed by atoms with Crippen LogP contribution in [0.15, 0.2) is 42.6 Å². The van der Waals surface area contributed by atoms with Crippen LogP contribution in [0.25, 0.3) is 0 Å². The van der Waals surface area contributed by atoms with Gasteiger partial charge in [-0.15, -0.1) is 0 Å². The first-order valence-corrected chi connectivity index (χ1v) is 7.78. The monoisotopic (exact) mass is 346 g/mol. The van der Waals surface area contributed by atoms with Crippen molar-refractivity contribution in [3.05, 3.63) is 58.7 Å². The van der Waals surface area contributed by atoms with Crippen LogP contribution in [0.3, 0.4) is 0 Å². The summed E-state index contributed by atoms with van der Waals surface area (Å²) >= 11 is 5.80. The number of carbonyl (C=O) groups is 2. The van der Waals surface area contributed by atoms with E-state index >= 15 is 0 Å². The number of nitrogens with zero attached hydrogens (tertiary/aromatic N) is 2. The number of carbonyl (C=O) groups excluding carboxylic acids is 2. The van der Waals surface area contributed by atoms with E-state index in [9.17, 15) is 9.59 Å².